The smallest absolute Gasteiger partial charge is 0.314 e. The molecule has 21 heavy (non-hydrogen) atoms. The minimum atomic E-state index is -4.26. The molecule has 0 amide bonds. The topological polar surface area (TPSA) is 15.3 Å². The van der Waals surface area contributed by atoms with Crippen LogP contribution in [-0.4, -0.2) is 37.3 Å². The molecule has 1 aliphatic rings. The average molecular weight is 308 g/mol. The molecule has 0 bridgehead atoms. The zero-order valence-electron chi connectivity index (χ0n) is 11.4. The van der Waals surface area contributed by atoms with Gasteiger partial charge in [-0.1, -0.05) is 6.07 Å². The maximum Gasteiger partial charge on any atom is 0.389 e. The molecule has 2 nitrogen and oxygen atoms in total. The summed E-state index contributed by atoms with van der Waals surface area (Å²) in [5, 5.41) is 3.12. The third-order valence-corrected chi connectivity index (χ3v) is 3.62. The van der Waals surface area contributed by atoms with Crippen molar-refractivity contribution in [3.63, 3.8) is 0 Å². The fourth-order valence-electron chi connectivity index (χ4n) is 2.57. The summed E-state index contributed by atoms with van der Waals surface area (Å²) in [7, 11) is 0. The highest BCUT2D eigenvalue weighted by Gasteiger charge is 2.31. The van der Waals surface area contributed by atoms with Crippen LogP contribution in [0.25, 0.3) is 0 Å². The van der Waals surface area contributed by atoms with E-state index < -0.39 is 30.3 Å². The molecular formula is C14H17F5N2. The molecule has 0 radical (unpaired) electrons. The number of hydrogen-bond donors (Lipinski definition) is 1. The summed E-state index contributed by atoms with van der Waals surface area (Å²) < 4.78 is 63.8. The first-order valence-electron chi connectivity index (χ1n) is 6.83. The van der Waals surface area contributed by atoms with Crippen molar-refractivity contribution in [3.05, 3.63) is 35.4 Å². The van der Waals surface area contributed by atoms with Crippen LogP contribution in [0.15, 0.2) is 18.2 Å². The number of halogens is 5. The highest BCUT2D eigenvalue weighted by Crippen LogP contribution is 2.32. The number of alkyl halides is 3. The third-order valence-electron chi connectivity index (χ3n) is 3.62. The molecule has 0 aliphatic carbocycles. The molecule has 1 heterocycles. The predicted molar refractivity (Wildman–Crippen MR) is 68.8 cm³/mol. The van der Waals surface area contributed by atoms with Crippen LogP contribution in [-0.2, 0) is 0 Å². The van der Waals surface area contributed by atoms with Gasteiger partial charge in [0, 0.05) is 38.6 Å². The van der Waals surface area contributed by atoms with Crippen LogP contribution in [0, 0.1) is 11.6 Å². The Balaban J connectivity index is 2.18. The number of hydrogen-bond acceptors (Lipinski definition) is 2. The monoisotopic (exact) mass is 308 g/mol. The second-order valence-corrected chi connectivity index (χ2v) is 5.13. The molecular weight excluding hydrogens is 291 g/mol. The molecule has 118 valence electrons. The van der Waals surface area contributed by atoms with Gasteiger partial charge in [0.2, 0.25) is 0 Å². The highest BCUT2D eigenvalue weighted by atomic mass is 19.4. The fraction of sp³-hybridized carbons (Fsp3) is 0.571. The van der Waals surface area contributed by atoms with Gasteiger partial charge in [-0.15, -0.1) is 0 Å². The Labute approximate surface area is 119 Å². The molecule has 1 atom stereocenters. The predicted octanol–water partition coefficient (Wildman–Crippen LogP) is 3.25. The SMILES string of the molecule is Fc1ccc([C@H](CCC(F)(F)F)N2CCNCC2)cc1F. The van der Waals surface area contributed by atoms with Crippen molar-refractivity contribution in [2.24, 2.45) is 0 Å². The van der Waals surface area contributed by atoms with E-state index in [0.717, 1.165) is 12.1 Å². The Kier molecular flexibility index (Phi) is 5.16. The standard InChI is InChI=1S/C14H17F5N2/c15-11-2-1-10(9-12(11)16)13(3-4-14(17,18)19)21-7-5-20-6-8-21/h1-2,9,13,20H,3-8H2/t13-/m0/s1. The molecule has 1 saturated heterocycles. The van der Waals surface area contributed by atoms with Crippen LogP contribution >= 0.6 is 0 Å². The van der Waals surface area contributed by atoms with Gasteiger partial charge in [0.15, 0.2) is 11.6 Å². The molecule has 0 unspecified atom stereocenters. The van der Waals surface area contributed by atoms with Crippen LogP contribution in [0.4, 0.5) is 22.0 Å². The molecule has 0 spiro atoms. The molecule has 2 rings (SSSR count). The van der Waals surface area contributed by atoms with Crippen LogP contribution in [0.1, 0.15) is 24.4 Å². The largest absolute Gasteiger partial charge is 0.389 e. The molecule has 7 heteroatoms. The third kappa shape index (κ3) is 4.64. The minimum Gasteiger partial charge on any atom is -0.314 e. The Morgan fingerprint density at radius 3 is 2.33 bits per heavy atom. The van der Waals surface area contributed by atoms with E-state index in [2.05, 4.69) is 5.32 Å². The van der Waals surface area contributed by atoms with E-state index >= 15 is 0 Å². The zero-order valence-corrected chi connectivity index (χ0v) is 11.4. The Hall–Kier alpha value is -1.21. The van der Waals surface area contributed by atoms with Crippen LogP contribution in [0.2, 0.25) is 0 Å². The van der Waals surface area contributed by atoms with Crippen molar-refractivity contribution in [2.45, 2.75) is 25.1 Å². The summed E-state index contributed by atoms with van der Waals surface area (Å²) in [6.07, 6.45) is -5.36. The Morgan fingerprint density at radius 1 is 1.10 bits per heavy atom. The number of piperazine rings is 1. The molecule has 0 saturated carbocycles. The van der Waals surface area contributed by atoms with E-state index in [0.29, 0.717) is 31.7 Å². The van der Waals surface area contributed by atoms with Gasteiger partial charge in [-0.2, -0.15) is 13.2 Å². The second kappa shape index (κ2) is 6.70. The van der Waals surface area contributed by atoms with Gasteiger partial charge in [-0.25, -0.2) is 8.78 Å². The van der Waals surface area contributed by atoms with Gasteiger partial charge >= 0.3 is 6.18 Å². The first-order valence-corrected chi connectivity index (χ1v) is 6.83. The van der Waals surface area contributed by atoms with E-state index in [4.69, 9.17) is 0 Å². The van der Waals surface area contributed by atoms with Crippen molar-refractivity contribution in [1.29, 1.82) is 0 Å². The van der Waals surface area contributed by atoms with Gasteiger partial charge in [0.1, 0.15) is 0 Å². The van der Waals surface area contributed by atoms with Gasteiger partial charge in [-0.3, -0.25) is 4.90 Å². The van der Waals surface area contributed by atoms with Crippen molar-refractivity contribution in [3.8, 4) is 0 Å². The van der Waals surface area contributed by atoms with E-state index in [1.54, 1.807) is 0 Å². The summed E-state index contributed by atoms with van der Waals surface area (Å²) in [4.78, 5) is 1.88. The summed E-state index contributed by atoms with van der Waals surface area (Å²) in [5.74, 6) is -2.02. The molecule has 1 aliphatic heterocycles. The minimum absolute atomic E-state index is 0.158. The summed E-state index contributed by atoms with van der Waals surface area (Å²) in [6, 6.07) is 2.77. The van der Waals surface area contributed by atoms with Crippen LogP contribution < -0.4 is 5.32 Å². The number of nitrogens with zero attached hydrogens (tertiary/aromatic N) is 1. The molecule has 0 aromatic heterocycles. The first-order chi connectivity index (χ1) is 9.87. The van der Waals surface area contributed by atoms with Crippen molar-refractivity contribution >= 4 is 0 Å². The highest BCUT2D eigenvalue weighted by molar-refractivity contribution is 5.21. The zero-order chi connectivity index (χ0) is 15.5. The lowest BCUT2D eigenvalue weighted by molar-refractivity contribution is -0.138. The normalized spacial score (nSPS) is 18.7. The maximum atomic E-state index is 13.4. The first kappa shape index (κ1) is 16.2. The summed E-state index contributed by atoms with van der Waals surface area (Å²) in [6.45, 7) is 2.52. The average Bonchev–Trinajstić information content (AvgIpc) is 2.43. The number of benzene rings is 1. The van der Waals surface area contributed by atoms with Gasteiger partial charge in [0.25, 0.3) is 0 Å². The lowest BCUT2D eigenvalue weighted by atomic mass is 9.99. The van der Waals surface area contributed by atoms with Crippen LogP contribution in [0.3, 0.4) is 0 Å². The summed E-state index contributed by atoms with van der Waals surface area (Å²) in [5.41, 5.74) is 0.389. The van der Waals surface area contributed by atoms with Crippen molar-refractivity contribution in [2.75, 3.05) is 26.2 Å². The lowest BCUT2D eigenvalue weighted by Gasteiger charge is -2.35. The van der Waals surface area contributed by atoms with Crippen molar-refractivity contribution in [1.82, 2.24) is 10.2 Å². The number of nitrogens with one attached hydrogen (secondary N) is 1. The van der Waals surface area contributed by atoms with Crippen molar-refractivity contribution < 1.29 is 22.0 Å². The fourth-order valence-corrected chi connectivity index (χ4v) is 2.57. The van der Waals surface area contributed by atoms with Crippen LogP contribution in [0.5, 0.6) is 0 Å². The second-order valence-electron chi connectivity index (χ2n) is 5.13. The quantitative estimate of drug-likeness (QED) is 0.859. The van der Waals surface area contributed by atoms with E-state index in [1.807, 2.05) is 4.90 Å². The van der Waals surface area contributed by atoms with Gasteiger partial charge in [-0.05, 0) is 24.1 Å². The Bertz CT molecular complexity index is 469. The number of rotatable bonds is 4. The van der Waals surface area contributed by atoms with Gasteiger partial charge < -0.3 is 5.32 Å². The lowest BCUT2D eigenvalue weighted by Crippen LogP contribution is -2.45. The molecule has 1 aromatic carbocycles. The van der Waals surface area contributed by atoms with Gasteiger partial charge in [0.05, 0.1) is 0 Å². The maximum absolute atomic E-state index is 13.4. The van der Waals surface area contributed by atoms with E-state index in [-0.39, 0.29) is 6.42 Å². The molecule has 1 aromatic rings. The molecule has 1 fully saturated rings. The Morgan fingerprint density at radius 2 is 1.76 bits per heavy atom. The summed E-state index contributed by atoms with van der Waals surface area (Å²) >= 11 is 0. The molecule has 1 N–H and O–H groups in total. The van der Waals surface area contributed by atoms with E-state index in [9.17, 15) is 22.0 Å². The van der Waals surface area contributed by atoms with E-state index in [1.165, 1.54) is 6.07 Å².